The molecule has 23 heavy (non-hydrogen) atoms. The molecule has 2 heterocycles. The average molecular weight is 410 g/mol. The summed E-state index contributed by atoms with van der Waals surface area (Å²) in [5, 5.41) is 0. The zero-order valence-corrected chi connectivity index (χ0v) is 15.4. The Morgan fingerprint density at radius 1 is 1.57 bits per heavy atom. The van der Waals surface area contributed by atoms with E-state index in [9.17, 15) is 12.8 Å². The van der Waals surface area contributed by atoms with Gasteiger partial charge in [0.1, 0.15) is 11.9 Å². The summed E-state index contributed by atoms with van der Waals surface area (Å²) < 4.78 is 44.7. The number of alkyl halides is 1. The third kappa shape index (κ3) is 6.60. The van der Waals surface area contributed by atoms with Gasteiger partial charge in [-0.25, -0.2) is 17.8 Å². The quantitative estimate of drug-likeness (QED) is 0.700. The Balaban J connectivity index is 1.85. The van der Waals surface area contributed by atoms with Gasteiger partial charge in [0, 0.05) is 23.8 Å². The number of likely N-dealkylation sites (tertiary alicyclic amines) is 1. The van der Waals surface area contributed by atoms with Crippen LogP contribution in [0, 0.1) is 0 Å². The standard InChI is InChI=1S/C14H21BrFN3O3S/c1-23(20,21)18-13-8-11(15)9-17-14(13)22-7-3-6-19-5-2-4-12(16)10-19/h8-9,12,18H,2-7,10H2,1H3. The number of piperidine rings is 1. The van der Waals surface area contributed by atoms with Crippen molar-refractivity contribution < 1.29 is 17.5 Å². The van der Waals surface area contributed by atoms with Crippen molar-refractivity contribution in [1.82, 2.24) is 9.88 Å². The number of anilines is 1. The number of hydrogen-bond acceptors (Lipinski definition) is 5. The Morgan fingerprint density at radius 3 is 3.04 bits per heavy atom. The molecule has 0 spiro atoms. The summed E-state index contributed by atoms with van der Waals surface area (Å²) in [5.41, 5.74) is 0.295. The number of halogens is 2. The van der Waals surface area contributed by atoms with Gasteiger partial charge in [0.05, 0.1) is 12.9 Å². The highest BCUT2D eigenvalue weighted by atomic mass is 79.9. The van der Waals surface area contributed by atoms with Crippen LogP contribution in [0.15, 0.2) is 16.7 Å². The monoisotopic (exact) mass is 409 g/mol. The highest BCUT2D eigenvalue weighted by Crippen LogP contribution is 2.26. The van der Waals surface area contributed by atoms with Crippen LogP contribution in [0.3, 0.4) is 0 Å². The van der Waals surface area contributed by atoms with E-state index in [-0.39, 0.29) is 5.88 Å². The van der Waals surface area contributed by atoms with Crippen molar-refractivity contribution in [2.45, 2.75) is 25.4 Å². The van der Waals surface area contributed by atoms with Gasteiger partial charge in [-0.3, -0.25) is 4.72 Å². The lowest BCUT2D eigenvalue weighted by Gasteiger charge is -2.28. The van der Waals surface area contributed by atoms with Crippen LogP contribution in [0.1, 0.15) is 19.3 Å². The molecule has 0 radical (unpaired) electrons. The smallest absolute Gasteiger partial charge is 0.238 e. The van der Waals surface area contributed by atoms with Gasteiger partial charge in [-0.1, -0.05) is 0 Å². The van der Waals surface area contributed by atoms with Crippen LogP contribution in [-0.4, -0.2) is 57.0 Å². The predicted molar refractivity (Wildman–Crippen MR) is 91.1 cm³/mol. The van der Waals surface area contributed by atoms with E-state index in [1.54, 1.807) is 12.3 Å². The van der Waals surface area contributed by atoms with Crippen molar-refractivity contribution >= 4 is 31.6 Å². The van der Waals surface area contributed by atoms with Crippen molar-refractivity contribution in [1.29, 1.82) is 0 Å². The Hall–Kier alpha value is -0.930. The summed E-state index contributed by atoms with van der Waals surface area (Å²) >= 11 is 3.25. The minimum Gasteiger partial charge on any atom is -0.476 e. The zero-order chi connectivity index (χ0) is 16.9. The molecule has 1 aromatic rings. The first-order valence-corrected chi connectivity index (χ1v) is 10.1. The fourth-order valence-corrected chi connectivity index (χ4v) is 3.35. The molecule has 2 rings (SSSR count). The third-order valence-corrected chi connectivity index (χ3v) is 4.44. The van der Waals surface area contributed by atoms with Crippen LogP contribution in [0.5, 0.6) is 5.88 Å². The second-order valence-corrected chi connectivity index (χ2v) is 8.29. The molecule has 0 aliphatic carbocycles. The molecule has 1 saturated heterocycles. The van der Waals surface area contributed by atoms with Crippen molar-refractivity contribution in [2.75, 3.05) is 37.2 Å². The van der Waals surface area contributed by atoms with Gasteiger partial charge in [-0.05, 0) is 47.8 Å². The number of rotatable bonds is 7. The van der Waals surface area contributed by atoms with Gasteiger partial charge in [0.15, 0.2) is 0 Å². The maximum absolute atomic E-state index is 13.3. The largest absolute Gasteiger partial charge is 0.476 e. The molecule has 1 aromatic heterocycles. The lowest BCUT2D eigenvalue weighted by atomic mass is 10.1. The van der Waals surface area contributed by atoms with Crippen molar-refractivity contribution in [3.8, 4) is 5.88 Å². The minimum absolute atomic E-state index is 0.237. The predicted octanol–water partition coefficient (Wildman–Crippen LogP) is 2.42. The zero-order valence-electron chi connectivity index (χ0n) is 13.0. The lowest BCUT2D eigenvalue weighted by Crippen LogP contribution is -2.37. The molecule has 1 fully saturated rings. The van der Waals surface area contributed by atoms with Crippen LogP contribution in [0.25, 0.3) is 0 Å². The maximum Gasteiger partial charge on any atom is 0.238 e. The normalized spacial score (nSPS) is 19.5. The van der Waals surface area contributed by atoms with E-state index in [2.05, 4.69) is 30.5 Å². The number of aromatic nitrogens is 1. The molecule has 1 aliphatic heterocycles. The summed E-state index contributed by atoms with van der Waals surface area (Å²) in [6.07, 6.45) is 4.14. The number of ether oxygens (including phenoxy) is 1. The third-order valence-electron chi connectivity index (χ3n) is 3.42. The Morgan fingerprint density at radius 2 is 2.35 bits per heavy atom. The van der Waals surface area contributed by atoms with E-state index in [4.69, 9.17) is 4.74 Å². The SMILES string of the molecule is CS(=O)(=O)Nc1cc(Br)cnc1OCCCN1CCCC(F)C1. The molecule has 130 valence electrons. The number of nitrogens with one attached hydrogen (secondary N) is 1. The molecular weight excluding hydrogens is 389 g/mol. The Labute approximate surface area is 144 Å². The lowest BCUT2D eigenvalue weighted by molar-refractivity contribution is 0.131. The van der Waals surface area contributed by atoms with Gasteiger partial charge in [-0.15, -0.1) is 0 Å². The van der Waals surface area contributed by atoms with Gasteiger partial charge in [-0.2, -0.15) is 0 Å². The molecular formula is C14H21BrFN3O3S. The second-order valence-electron chi connectivity index (χ2n) is 5.62. The van der Waals surface area contributed by atoms with Gasteiger partial charge in [0.25, 0.3) is 0 Å². The first-order chi connectivity index (χ1) is 10.8. The fourth-order valence-electron chi connectivity index (χ4n) is 2.47. The van der Waals surface area contributed by atoms with Gasteiger partial charge < -0.3 is 9.64 Å². The van der Waals surface area contributed by atoms with Crippen molar-refractivity contribution in [2.24, 2.45) is 0 Å². The van der Waals surface area contributed by atoms with Crippen molar-refractivity contribution in [3.05, 3.63) is 16.7 Å². The Bertz CT molecular complexity index is 630. The molecule has 1 unspecified atom stereocenters. The molecule has 1 N–H and O–H groups in total. The van der Waals surface area contributed by atoms with E-state index in [1.165, 1.54) is 0 Å². The highest BCUT2D eigenvalue weighted by molar-refractivity contribution is 9.10. The molecule has 0 amide bonds. The van der Waals surface area contributed by atoms with Crippen LogP contribution in [-0.2, 0) is 10.0 Å². The highest BCUT2D eigenvalue weighted by Gasteiger charge is 2.18. The topological polar surface area (TPSA) is 71.5 Å². The van der Waals surface area contributed by atoms with Crippen molar-refractivity contribution in [3.63, 3.8) is 0 Å². The van der Waals surface area contributed by atoms with Crippen LogP contribution < -0.4 is 9.46 Å². The number of hydrogen-bond donors (Lipinski definition) is 1. The van der Waals surface area contributed by atoms with Crippen LogP contribution in [0.2, 0.25) is 0 Å². The summed E-state index contributed by atoms with van der Waals surface area (Å²) in [5.74, 6) is 0.237. The van der Waals surface area contributed by atoms with Crippen LogP contribution in [0.4, 0.5) is 10.1 Å². The van der Waals surface area contributed by atoms with E-state index in [1.807, 2.05) is 0 Å². The molecule has 9 heteroatoms. The first kappa shape index (κ1) is 18.4. The van der Waals surface area contributed by atoms with Gasteiger partial charge in [0.2, 0.25) is 15.9 Å². The summed E-state index contributed by atoms with van der Waals surface area (Å²) in [6, 6.07) is 1.60. The first-order valence-electron chi connectivity index (χ1n) is 7.46. The molecule has 0 saturated carbocycles. The molecule has 1 aliphatic rings. The fraction of sp³-hybridized carbons (Fsp3) is 0.643. The summed E-state index contributed by atoms with van der Waals surface area (Å²) in [6.45, 7) is 2.54. The number of nitrogens with zero attached hydrogens (tertiary/aromatic N) is 2. The van der Waals surface area contributed by atoms with Gasteiger partial charge >= 0.3 is 0 Å². The number of sulfonamides is 1. The van der Waals surface area contributed by atoms with E-state index < -0.39 is 16.2 Å². The average Bonchev–Trinajstić information content (AvgIpc) is 2.44. The molecule has 6 nitrogen and oxygen atoms in total. The minimum atomic E-state index is -3.41. The molecule has 1 atom stereocenters. The number of pyridine rings is 1. The van der Waals surface area contributed by atoms with Crippen LogP contribution >= 0.6 is 15.9 Å². The molecule has 0 aromatic carbocycles. The van der Waals surface area contributed by atoms with E-state index >= 15 is 0 Å². The molecule has 0 bridgehead atoms. The second kappa shape index (κ2) is 8.25. The summed E-state index contributed by atoms with van der Waals surface area (Å²) in [7, 11) is -3.41. The van der Waals surface area contributed by atoms with E-state index in [0.717, 1.165) is 32.2 Å². The maximum atomic E-state index is 13.3. The summed E-state index contributed by atoms with van der Waals surface area (Å²) in [4.78, 5) is 6.17. The van der Waals surface area contributed by atoms with E-state index in [0.29, 0.717) is 29.7 Å². The Kier molecular flexibility index (Phi) is 6.60.